The molecule has 0 spiro atoms. The third-order valence-corrected chi connectivity index (χ3v) is 17.3. The van der Waals surface area contributed by atoms with Gasteiger partial charge in [0.2, 0.25) is 0 Å². The lowest BCUT2D eigenvalue weighted by Gasteiger charge is -2.60. The SMILES string of the molecule is C/C(CO[C@@H]1O[C@H](CO)[C@@H](O)[C@H](O)[C@@H]1O)=C(/C)C[C@H](O)[C@H](C)[C@@H]1CC[C@@H]2[C@H]3CC=C4C[C@@H](O[C@H]5O[C@@H](CO[C@@H]6O[C@H](CO)[C@H](O)[C@@H](O)[C@@H]6O)[C@H](O)[C@@H](O)[C@@H]5O)C[C@@H](O)[C@@]4(C)[C@@H]3CC[C@]21C. The Kier molecular flexibility index (Phi) is 16.3. The van der Waals surface area contributed by atoms with Gasteiger partial charge in [0.05, 0.1) is 44.7 Å². The third kappa shape index (κ3) is 9.66. The minimum atomic E-state index is -1.70. The third-order valence-electron chi connectivity index (χ3n) is 17.3. The van der Waals surface area contributed by atoms with E-state index in [1.54, 1.807) is 0 Å². The van der Waals surface area contributed by atoms with Crippen LogP contribution in [0, 0.1) is 40.4 Å². The molecule has 3 heterocycles. The molecule has 0 aromatic heterocycles. The van der Waals surface area contributed by atoms with Crippen molar-refractivity contribution >= 4 is 0 Å². The molecule has 19 heteroatoms. The molecule has 0 radical (unpaired) electrons. The van der Waals surface area contributed by atoms with E-state index in [0.717, 1.165) is 48.8 Å². The Morgan fingerprint density at radius 3 is 1.85 bits per heavy atom. The van der Waals surface area contributed by atoms with E-state index in [-0.39, 0.29) is 36.2 Å². The molecule has 0 aromatic carbocycles. The van der Waals surface area contributed by atoms with Crippen molar-refractivity contribution < 1.29 is 94.8 Å². The quantitative estimate of drug-likeness (QED) is 0.0845. The van der Waals surface area contributed by atoms with Crippen molar-refractivity contribution in [1.29, 1.82) is 0 Å². The van der Waals surface area contributed by atoms with Gasteiger partial charge in [-0.15, -0.1) is 0 Å². The fraction of sp³-hybridized carbons (Fsp3) is 0.913. The highest BCUT2D eigenvalue weighted by Crippen LogP contribution is 2.67. The van der Waals surface area contributed by atoms with E-state index in [1.807, 2.05) is 13.8 Å². The second-order valence-corrected chi connectivity index (χ2v) is 20.8. The lowest BCUT2D eigenvalue weighted by atomic mass is 9.46. The summed E-state index contributed by atoms with van der Waals surface area (Å²) in [6, 6.07) is 0. The van der Waals surface area contributed by atoms with Gasteiger partial charge in [0.1, 0.15) is 73.2 Å². The van der Waals surface area contributed by atoms with Crippen LogP contribution in [-0.4, -0.2) is 203 Å². The molecule has 0 bridgehead atoms. The summed E-state index contributed by atoms with van der Waals surface area (Å²) >= 11 is 0. The van der Waals surface area contributed by atoms with Crippen LogP contribution in [-0.2, 0) is 28.4 Å². The van der Waals surface area contributed by atoms with E-state index >= 15 is 0 Å². The minimum Gasteiger partial charge on any atom is -0.394 e. The zero-order valence-electron chi connectivity index (χ0n) is 38.1. The highest BCUT2D eigenvalue weighted by atomic mass is 16.7. The van der Waals surface area contributed by atoms with Gasteiger partial charge in [-0.3, -0.25) is 0 Å². The van der Waals surface area contributed by atoms with Crippen LogP contribution in [0.15, 0.2) is 22.8 Å². The van der Waals surface area contributed by atoms with Crippen molar-refractivity contribution in [3.8, 4) is 0 Å². The number of fused-ring (bicyclic) bond motifs is 5. The molecule has 4 aliphatic carbocycles. The van der Waals surface area contributed by atoms with Gasteiger partial charge in [-0.2, -0.15) is 0 Å². The maximum absolute atomic E-state index is 12.0. The van der Waals surface area contributed by atoms with Crippen molar-refractivity contribution in [3.63, 3.8) is 0 Å². The Labute approximate surface area is 380 Å². The summed E-state index contributed by atoms with van der Waals surface area (Å²) in [7, 11) is 0. The standard InChI is InChI=1S/C46H76O19/c1-19(20(2)17-60-42-39(57)36(54)33(51)29(15-47)63-42)12-28(49)21(3)25-8-9-26-24-7-6-22-13-23(14-32(50)46(22,5)27(24)10-11-45(25,26)4)62-44-41(59)38(56)35(53)31(65-44)18-61-43-40(58)37(55)34(52)30(16-48)64-43/h6,21,23-44,47-59H,7-18H2,1-5H3/b20-19+/t21-,23-,24-,25+,26-,27-,28+,29-,30-,31+,32-,33-,34+,35+,36+,37-,38-,39+,40+,41+,42-,43-,44+,45+,46-/m1/s1. The zero-order chi connectivity index (χ0) is 47.4. The topological polar surface area (TPSA) is 318 Å². The molecule has 7 aliphatic rings. The maximum Gasteiger partial charge on any atom is 0.187 e. The molecule has 374 valence electrons. The highest BCUT2D eigenvalue weighted by molar-refractivity contribution is 5.28. The van der Waals surface area contributed by atoms with Gasteiger partial charge < -0.3 is 94.8 Å². The lowest BCUT2D eigenvalue weighted by Crippen LogP contribution is -2.62. The number of hydrogen-bond donors (Lipinski definition) is 13. The maximum atomic E-state index is 12.0. The lowest BCUT2D eigenvalue weighted by molar-refractivity contribution is -0.337. The summed E-state index contributed by atoms with van der Waals surface area (Å²) in [6.07, 6.45) is -16.1. The van der Waals surface area contributed by atoms with Crippen molar-refractivity contribution in [2.24, 2.45) is 40.4 Å². The Bertz CT molecular complexity index is 1660. The number of allylic oxidation sites excluding steroid dienone is 1. The van der Waals surface area contributed by atoms with Gasteiger partial charge in [-0.25, -0.2) is 0 Å². The molecule has 65 heavy (non-hydrogen) atoms. The smallest absolute Gasteiger partial charge is 0.187 e. The molecular formula is C46H76O19. The van der Waals surface area contributed by atoms with Gasteiger partial charge in [-0.05, 0) is 99.4 Å². The Balaban J connectivity index is 0.951. The fourth-order valence-electron chi connectivity index (χ4n) is 12.9. The predicted octanol–water partition coefficient (Wildman–Crippen LogP) is -1.91. The number of rotatable bonds is 14. The molecule has 13 N–H and O–H groups in total. The first-order valence-corrected chi connectivity index (χ1v) is 23.6. The van der Waals surface area contributed by atoms with Gasteiger partial charge >= 0.3 is 0 Å². The van der Waals surface area contributed by atoms with E-state index in [0.29, 0.717) is 24.7 Å². The van der Waals surface area contributed by atoms with Crippen LogP contribution in [0.2, 0.25) is 0 Å². The van der Waals surface area contributed by atoms with Crippen LogP contribution >= 0.6 is 0 Å². The Hall–Kier alpha value is -1.28. The minimum absolute atomic E-state index is 0.00463. The van der Waals surface area contributed by atoms with E-state index in [2.05, 4.69) is 26.8 Å². The summed E-state index contributed by atoms with van der Waals surface area (Å²) in [5.74, 6) is 1.20. The predicted molar refractivity (Wildman–Crippen MR) is 226 cm³/mol. The molecule has 6 fully saturated rings. The van der Waals surface area contributed by atoms with Crippen LogP contribution in [0.25, 0.3) is 0 Å². The van der Waals surface area contributed by atoms with Gasteiger partial charge in [0, 0.05) is 11.8 Å². The monoisotopic (exact) mass is 932 g/mol. The second-order valence-electron chi connectivity index (χ2n) is 20.8. The summed E-state index contributed by atoms with van der Waals surface area (Å²) in [6.45, 7) is 8.84. The van der Waals surface area contributed by atoms with Gasteiger partial charge in [-0.1, -0.05) is 38.0 Å². The normalized spacial score (nSPS) is 50.4. The average Bonchev–Trinajstić information content (AvgIpc) is 3.64. The summed E-state index contributed by atoms with van der Waals surface area (Å²) in [5, 5.41) is 137. The van der Waals surface area contributed by atoms with Crippen molar-refractivity contribution in [3.05, 3.63) is 22.8 Å². The largest absolute Gasteiger partial charge is 0.394 e. The van der Waals surface area contributed by atoms with Crippen LogP contribution in [0.3, 0.4) is 0 Å². The number of hydrogen-bond acceptors (Lipinski definition) is 19. The number of ether oxygens (including phenoxy) is 6. The summed E-state index contributed by atoms with van der Waals surface area (Å²) < 4.78 is 34.4. The fourth-order valence-corrected chi connectivity index (χ4v) is 12.9. The molecule has 19 nitrogen and oxygen atoms in total. The van der Waals surface area contributed by atoms with Crippen LogP contribution in [0.4, 0.5) is 0 Å². The molecular weight excluding hydrogens is 856 g/mol. The first-order chi connectivity index (χ1) is 30.7. The zero-order valence-corrected chi connectivity index (χ0v) is 38.1. The Morgan fingerprint density at radius 2 is 1.25 bits per heavy atom. The van der Waals surface area contributed by atoms with Gasteiger partial charge in [0.25, 0.3) is 0 Å². The molecule has 25 atom stereocenters. The van der Waals surface area contributed by atoms with Crippen molar-refractivity contribution in [2.75, 3.05) is 26.4 Å². The summed E-state index contributed by atoms with van der Waals surface area (Å²) in [4.78, 5) is 0. The molecule has 3 saturated heterocycles. The number of aliphatic hydroxyl groups is 13. The first kappa shape index (κ1) is 51.6. The first-order valence-electron chi connectivity index (χ1n) is 23.6. The van der Waals surface area contributed by atoms with Crippen LogP contribution in [0.5, 0.6) is 0 Å². The van der Waals surface area contributed by atoms with E-state index < -0.39 is 136 Å². The molecule has 0 aromatic rings. The van der Waals surface area contributed by atoms with Crippen molar-refractivity contribution in [2.45, 2.75) is 196 Å². The van der Waals surface area contributed by atoms with Crippen molar-refractivity contribution in [1.82, 2.24) is 0 Å². The van der Waals surface area contributed by atoms with Gasteiger partial charge in [0.15, 0.2) is 18.9 Å². The highest BCUT2D eigenvalue weighted by Gasteiger charge is 2.62. The molecule has 3 aliphatic heterocycles. The molecule has 7 rings (SSSR count). The molecule has 3 saturated carbocycles. The van der Waals surface area contributed by atoms with E-state index in [1.165, 1.54) is 0 Å². The summed E-state index contributed by atoms with van der Waals surface area (Å²) in [5.41, 5.74) is 2.31. The Morgan fingerprint density at radius 1 is 0.692 bits per heavy atom. The molecule has 0 unspecified atom stereocenters. The van der Waals surface area contributed by atoms with Crippen LogP contribution < -0.4 is 0 Å². The van der Waals surface area contributed by atoms with E-state index in [4.69, 9.17) is 28.4 Å². The molecule has 0 amide bonds. The number of aliphatic hydroxyl groups excluding tert-OH is 13. The van der Waals surface area contributed by atoms with Crippen LogP contribution in [0.1, 0.15) is 86.0 Å². The second kappa shape index (κ2) is 20.6. The average molecular weight is 933 g/mol. The van der Waals surface area contributed by atoms with E-state index in [9.17, 15) is 66.4 Å².